The first-order chi connectivity index (χ1) is 8.68. The topological polar surface area (TPSA) is 46.8 Å². The van der Waals surface area contributed by atoms with E-state index in [0.717, 1.165) is 15.5 Å². The van der Waals surface area contributed by atoms with Crippen LogP contribution in [-0.2, 0) is 4.74 Å². The molecule has 3 rings (SSSR count). The molecule has 1 aliphatic rings. The molecule has 0 spiro atoms. The van der Waals surface area contributed by atoms with Crippen LogP contribution in [0.2, 0.25) is 0 Å². The minimum absolute atomic E-state index is 0.0961. The van der Waals surface area contributed by atoms with Crippen LogP contribution in [0.4, 0.5) is 0 Å². The van der Waals surface area contributed by atoms with Crippen LogP contribution in [0.5, 0.6) is 0 Å². The van der Waals surface area contributed by atoms with Crippen LogP contribution < -0.4 is 0 Å². The summed E-state index contributed by atoms with van der Waals surface area (Å²) in [4.78, 5) is 20.3. The van der Waals surface area contributed by atoms with E-state index in [4.69, 9.17) is 4.74 Å². The highest BCUT2D eigenvalue weighted by Crippen LogP contribution is 2.24. The van der Waals surface area contributed by atoms with Gasteiger partial charge in [-0.25, -0.2) is 4.98 Å². The van der Waals surface area contributed by atoms with Crippen LogP contribution in [0.1, 0.15) is 22.3 Å². The third-order valence-electron chi connectivity index (χ3n) is 3.31. The molecule has 0 aliphatic carbocycles. The lowest BCUT2D eigenvalue weighted by Crippen LogP contribution is -2.47. The number of nitrogens with zero attached hydrogens (tertiary/aromatic N) is 3. The van der Waals surface area contributed by atoms with Crippen LogP contribution in [-0.4, -0.2) is 46.0 Å². The van der Waals surface area contributed by atoms with Crippen molar-refractivity contribution in [2.45, 2.75) is 19.9 Å². The lowest BCUT2D eigenvalue weighted by Gasteiger charge is -2.33. The van der Waals surface area contributed by atoms with E-state index in [-0.39, 0.29) is 11.9 Å². The van der Waals surface area contributed by atoms with E-state index < -0.39 is 0 Å². The summed E-state index contributed by atoms with van der Waals surface area (Å²) in [6.07, 6.45) is 3.64. The van der Waals surface area contributed by atoms with Gasteiger partial charge in [0.2, 0.25) is 0 Å². The molecule has 0 N–H and O–H groups in total. The van der Waals surface area contributed by atoms with Gasteiger partial charge in [0.15, 0.2) is 4.96 Å². The molecule has 1 amide bonds. The van der Waals surface area contributed by atoms with Gasteiger partial charge in [-0.1, -0.05) is 11.3 Å². The number of carbonyl (C=O) groups excluding carboxylic acids is 1. The van der Waals surface area contributed by atoms with Crippen LogP contribution in [0.15, 0.2) is 12.4 Å². The fourth-order valence-electron chi connectivity index (χ4n) is 2.25. The molecule has 0 unspecified atom stereocenters. The van der Waals surface area contributed by atoms with Gasteiger partial charge in [0.25, 0.3) is 5.91 Å². The number of amides is 1. The Kier molecular flexibility index (Phi) is 2.83. The molecular weight excluding hydrogens is 250 g/mol. The number of thiazole rings is 1. The van der Waals surface area contributed by atoms with E-state index in [1.165, 1.54) is 11.3 Å². The molecule has 1 atom stereocenters. The van der Waals surface area contributed by atoms with E-state index >= 15 is 0 Å². The first-order valence-electron chi connectivity index (χ1n) is 5.99. The average molecular weight is 265 g/mol. The molecule has 1 saturated heterocycles. The van der Waals surface area contributed by atoms with E-state index in [2.05, 4.69) is 4.98 Å². The number of morpholine rings is 1. The molecule has 1 fully saturated rings. The number of rotatable bonds is 1. The first kappa shape index (κ1) is 11.7. The zero-order chi connectivity index (χ0) is 12.7. The minimum atomic E-state index is 0.0961. The number of fused-ring (bicyclic) bond motifs is 1. The molecule has 1 aliphatic heterocycles. The van der Waals surface area contributed by atoms with Crippen LogP contribution in [0.3, 0.4) is 0 Å². The molecule has 5 nitrogen and oxygen atoms in total. The van der Waals surface area contributed by atoms with Crippen molar-refractivity contribution in [3.63, 3.8) is 0 Å². The molecule has 18 heavy (non-hydrogen) atoms. The van der Waals surface area contributed by atoms with Crippen molar-refractivity contribution in [1.82, 2.24) is 14.3 Å². The van der Waals surface area contributed by atoms with Crippen molar-refractivity contribution in [3.8, 4) is 0 Å². The molecule has 0 aromatic carbocycles. The van der Waals surface area contributed by atoms with E-state index in [1.54, 1.807) is 6.20 Å². The molecule has 0 bridgehead atoms. The highest BCUT2D eigenvalue weighted by Gasteiger charge is 2.27. The van der Waals surface area contributed by atoms with Gasteiger partial charge in [-0.3, -0.25) is 9.20 Å². The highest BCUT2D eigenvalue weighted by atomic mass is 32.1. The zero-order valence-corrected chi connectivity index (χ0v) is 11.2. The summed E-state index contributed by atoms with van der Waals surface area (Å²) in [6, 6.07) is 0.139. The molecular formula is C12H15N3O2S. The fraction of sp³-hybridized carbons (Fsp3) is 0.500. The van der Waals surface area contributed by atoms with Crippen molar-refractivity contribution in [1.29, 1.82) is 0 Å². The molecule has 0 radical (unpaired) electrons. The number of imidazole rings is 1. The van der Waals surface area contributed by atoms with Gasteiger partial charge in [-0.2, -0.15) is 0 Å². The van der Waals surface area contributed by atoms with E-state index in [1.807, 2.05) is 29.3 Å². The maximum Gasteiger partial charge on any atom is 0.266 e. The average Bonchev–Trinajstić information content (AvgIpc) is 2.93. The van der Waals surface area contributed by atoms with E-state index in [9.17, 15) is 4.79 Å². The Morgan fingerprint density at radius 2 is 2.44 bits per heavy atom. The predicted molar refractivity (Wildman–Crippen MR) is 69.1 cm³/mol. The van der Waals surface area contributed by atoms with Crippen LogP contribution in [0, 0.1) is 6.92 Å². The fourth-order valence-corrected chi connectivity index (χ4v) is 3.30. The van der Waals surface area contributed by atoms with Gasteiger partial charge in [0, 0.05) is 24.6 Å². The van der Waals surface area contributed by atoms with Crippen molar-refractivity contribution < 1.29 is 9.53 Å². The second-order valence-corrected chi connectivity index (χ2v) is 5.50. The number of aryl methyl sites for hydroxylation is 1. The normalized spacial score (nSPS) is 20.6. The molecule has 0 saturated carbocycles. The maximum absolute atomic E-state index is 12.5. The van der Waals surface area contributed by atoms with E-state index in [0.29, 0.717) is 19.8 Å². The first-order valence-corrected chi connectivity index (χ1v) is 6.81. The van der Waals surface area contributed by atoms with Gasteiger partial charge >= 0.3 is 0 Å². The summed E-state index contributed by atoms with van der Waals surface area (Å²) in [6.45, 7) is 5.89. The zero-order valence-electron chi connectivity index (χ0n) is 10.4. The third kappa shape index (κ3) is 1.72. The molecule has 6 heteroatoms. The summed E-state index contributed by atoms with van der Waals surface area (Å²) < 4.78 is 7.33. The maximum atomic E-state index is 12.5. The lowest BCUT2D eigenvalue weighted by atomic mass is 10.2. The Balaban J connectivity index is 1.95. The number of hydrogen-bond acceptors (Lipinski definition) is 4. The van der Waals surface area contributed by atoms with Gasteiger partial charge in [0.05, 0.1) is 19.3 Å². The second-order valence-electron chi connectivity index (χ2n) is 4.52. The smallest absolute Gasteiger partial charge is 0.266 e. The standard InChI is InChI=1S/C12H15N3O2S/c1-8-7-17-6-5-14(8)11(16)10-9(2)15-4-3-13-12(15)18-10/h3-4,8H,5-7H2,1-2H3/t8-/m0/s1. The van der Waals surface area contributed by atoms with Gasteiger partial charge in [0.1, 0.15) is 4.88 Å². The minimum Gasteiger partial charge on any atom is -0.377 e. The Bertz CT molecular complexity index is 589. The Morgan fingerprint density at radius 1 is 1.61 bits per heavy atom. The summed E-state index contributed by atoms with van der Waals surface area (Å²) in [7, 11) is 0. The molecule has 3 heterocycles. The molecule has 2 aromatic rings. The van der Waals surface area contributed by atoms with Crippen LogP contribution >= 0.6 is 11.3 Å². The summed E-state index contributed by atoms with van der Waals surface area (Å²) in [5.74, 6) is 0.0961. The lowest BCUT2D eigenvalue weighted by molar-refractivity contribution is 0.00381. The van der Waals surface area contributed by atoms with Gasteiger partial charge in [-0.15, -0.1) is 0 Å². The monoisotopic (exact) mass is 265 g/mol. The molecule has 2 aromatic heterocycles. The van der Waals surface area contributed by atoms with Crippen molar-refractivity contribution in [3.05, 3.63) is 23.0 Å². The number of carbonyl (C=O) groups is 1. The quantitative estimate of drug-likeness (QED) is 0.786. The van der Waals surface area contributed by atoms with Gasteiger partial charge in [-0.05, 0) is 13.8 Å². The van der Waals surface area contributed by atoms with Crippen molar-refractivity contribution >= 4 is 22.2 Å². The Hall–Kier alpha value is -1.40. The third-order valence-corrected chi connectivity index (χ3v) is 4.47. The summed E-state index contributed by atoms with van der Waals surface area (Å²) in [5.41, 5.74) is 0.969. The SMILES string of the molecule is Cc1c(C(=O)N2CCOC[C@@H]2C)sc2nccn12. The van der Waals surface area contributed by atoms with Gasteiger partial charge < -0.3 is 9.64 Å². The largest absolute Gasteiger partial charge is 0.377 e. The van der Waals surface area contributed by atoms with Crippen molar-refractivity contribution in [2.24, 2.45) is 0 Å². The predicted octanol–water partition coefficient (Wildman–Crippen LogP) is 1.57. The second kappa shape index (κ2) is 4.37. The summed E-state index contributed by atoms with van der Waals surface area (Å²) >= 11 is 1.45. The Labute approximate surface area is 109 Å². The summed E-state index contributed by atoms with van der Waals surface area (Å²) in [5, 5.41) is 0. The molecule has 96 valence electrons. The van der Waals surface area contributed by atoms with Crippen molar-refractivity contribution in [2.75, 3.05) is 19.8 Å². The Morgan fingerprint density at radius 3 is 3.17 bits per heavy atom. The number of aromatic nitrogens is 2. The van der Waals surface area contributed by atoms with Crippen LogP contribution in [0.25, 0.3) is 4.96 Å². The number of ether oxygens (including phenoxy) is 1. The highest BCUT2D eigenvalue weighted by molar-refractivity contribution is 7.19. The number of hydrogen-bond donors (Lipinski definition) is 0.